The van der Waals surface area contributed by atoms with Gasteiger partial charge in [0.1, 0.15) is 12.2 Å². The zero-order chi connectivity index (χ0) is 14.7. The van der Waals surface area contributed by atoms with Gasteiger partial charge in [-0.1, -0.05) is 0 Å². The first-order chi connectivity index (χ1) is 9.56. The summed E-state index contributed by atoms with van der Waals surface area (Å²) in [6, 6.07) is 0.0970. The highest BCUT2D eigenvalue weighted by Gasteiger charge is 2.40. The Bertz CT molecular complexity index is 360. The molecule has 1 N–H and O–H groups in total. The van der Waals surface area contributed by atoms with Gasteiger partial charge >= 0.3 is 12.0 Å². The predicted octanol–water partition coefficient (Wildman–Crippen LogP) is 0.391. The number of carbonyl (C=O) groups excluding carboxylic acids is 1. The van der Waals surface area contributed by atoms with Crippen molar-refractivity contribution in [3.05, 3.63) is 0 Å². The molecular weight excluding hydrogens is 264 g/mol. The molecule has 1 saturated carbocycles. The molecule has 0 spiro atoms. The van der Waals surface area contributed by atoms with Crippen molar-refractivity contribution in [3.63, 3.8) is 0 Å². The fraction of sp³-hybridized carbons (Fsp3) is 0.846. The smallest absolute Gasteiger partial charge is 0.320 e. The van der Waals surface area contributed by atoms with Crippen molar-refractivity contribution in [1.82, 2.24) is 9.80 Å². The molecule has 1 saturated heterocycles. The molecule has 2 amide bonds. The second-order valence-electron chi connectivity index (χ2n) is 5.30. The summed E-state index contributed by atoms with van der Waals surface area (Å²) in [5.41, 5.74) is 0. The minimum Gasteiger partial charge on any atom is -0.481 e. The van der Waals surface area contributed by atoms with Crippen molar-refractivity contribution in [2.45, 2.75) is 37.5 Å². The Morgan fingerprint density at radius 3 is 2.15 bits per heavy atom. The normalized spacial score (nSPS) is 25.8. The van der Waals surface area contributed by atoms with Crippen LogP contribution in [0.25, 0.3) is 0 Å². The molecule has 0 bridgehead atoms. The molecule has 2 atom stereocenters. The molecule has 7 nitrogen and oxygen atoms in total. The van der Waals surface area contributed by atoms with E-state index in [0.29, 0.717) is 13.1 Å². The Morgan fingerprint density at radius 2 is 1.75 bits per heavy atom. The summed E-state index contributed by atoms with van der Waals surface area (Å²) in [6.07, 6.45) is 1.66. The van der Waals surface area contributed by atoms with Gasteiger partial charge in [0, 0.05) is 26.8 Å². The SMILES string of the molecule is COC1CN(C(=O)N(CCC(=O)O)C2CC2)CC1OC. The molecule has 20 heavy (non-hydrogen) atoms. The summed E-state index contributed by atoms with van der Waals surface area (Å²) in [7, 11) is 3.21. The fourth-order valence-electron chi connectivity index (χ4n) is 2.57. The van der Waals surface area contributed by atoms with Gasteiger partial charge < -0.3 is 24.4 Å². The lowest BCUT2D eigenvalue weighted by Gasteiger charge is -2.27. The second-order valence-corrected chi connectivity index (χ2v) is 5.30. The molecule has 0 aromatic carbocycles. The summed E-state index contributed by atoms with van der Waals surface area (Å²) in [6.45, 7) is 1.25. The predicted molar refractivity (Wildman–Crippen MR) is 70.5 cm³/mol. The molecule has 0 aromatic rings. The van der Waals surface area contributed by atoms with Crippen LogP contribution < -0.4 is 0 Å². The lowest BCUT2D eigenvalue weighted by Crippen LogP contribution is -2.44. The molecule has 7 heteroatoms. The van der Waals surface area contributed by atoms with Crippen LogP contribution in [0.5, 0.6) is 0 Å². The van der Waals surface area contributed by atoms with E-state index < -0.39 is 5.97 Å². The van der Waals surface area contributed by atoms with E-state index in [0.717, 1.165) is 12.8 Å². The zero-order valence-electron chi connectivity index (χ0n) is 11.9. The summed E-state index contributed by atoms with van der Waals surface area (Å²) < 4.78 is 10.6. The number of amides is 2. The Kier molecular flexibility index (Phi) is 4.82. The van der Waals surface area contributed by atoms with Gasteiger partial charge in [-0.3, -0.25) is 4.79 Å². The average molecular weight is 286 g/mol. The van der Waals surface area contributed by atoms with Gasteiger partial charge in [-0.05, 0) is 12.8 Å². The zero-order valence-corrected chi connectivity index (χ0v) is 11.9. The van der Waals surface area contributed by atoms with Crippen LogP contribution in [0.15, 0.2) is 0 Å². The topological polar surface area (TPSA) is 79.3 Å². The number of methoxy groups -OCH3 is 2. The minimum atomic E-state index is -0.880. The number of rotatable bonds is 6. The Morgan fingerprint density at radius 1 is 1.20 bits per heavy atom. The summed E-state index contributed by atoms with van der Waals surface area (Å²) in [5.74, 6) is -0.880. The highest BCUT2D eigenvalue weighted by Crippen LogP contribution is 2.29. The van der Waals surface area contributed by atoms with E-state index in [4.69, 9.17) is 14.6 Å². The molecule has 2 rings (SSSR count). The molecule has 0 radical (unpaired) electrons. The number of nitrogens with zero attached hydrogens (tertiary/aromatic N) is 2. The largest absolute Gasteiger partial charge is 0.481 e. The van der Waals surface area contributed by atoms with Crippen LogP contribution in [-0.2, 0) is 14.3 Å². The van der Waals surface area contributed by atoms with Crippen LogP contribution in [-0.4, -0.2) is 79.0 Å². The van der Waals surface area contributed by atoms with E-state index in [9.17, 15) is 9.59 Å². The lowest BCUT2D eigenvalue weighted by atomic mass is 10.3. The van der Waals surface area contributed by atoms with E-state index in [1.54, 1.807) is 24.0 Å². The molecule has 2 aliphatic rings. The first-order valence-electron chi connectivity index (χ1n) is 6.89. The van der Waals surface area contributed by atoms with Crippen LogP contribution >= 0.6 is 0 Å². The van der Waals surface area contributed by atoms with Crippen LogP contribution in [0.1, 0.15) is 19.3 Å². The summed E-state index contributed by atoms with van der Waals surface area (Å²) in [5, 5.41) is 8.78. The van der Waals surface area contributed by atoms with E-state index in [2.05, 4.69) is 0 Å². The van der Waals surface area contributed by atoms with Gasteiger partial charge in [-0.2, -0.15) is 0 Å². The number of ether oxygens (including phenoxy) is 2. The Hall–Kier alpha value is -1.34. The van der Waals surface area contributed by atoms with Gasteiger partial charge in [-0.25, -0.2) is 4.79 Å². The van der Waals surface area contributed by atoms with Gasteiger partial charge in [0.25, 0.3) is 0 Å². The quantitative estimate of drug-likeness (QED) is 0.764. The summed E-state index contributed by atoms with van der Waals surface area (Å²) in [4.78, 5) is 26.6. The molecule has 1 aliphatic heterocycles. The van der Waals surface area contributed by atoms with E-state index in [1.165, 1.54) is 0 Å². The lowest BCUT2D eigenvalue weighted by molar-refractivity contribution is -0.137. The number of carboxylic acids is 1. The minimum absolute atomic E-state index is 0.0164. The maximum atomic E-state index is 12.5. The van der Waals surface area contributed by atoms with Gasteiger partial charge in [0.2, 0.25) is 0 Å². The number of hydrogen-bond acceptors (Lipinski definition) is 4. The highest BCUT2D eigenvalue weighted by atomic mass is 16.5. The van der Waals surface area contributed by atoms with Crippen LogP contribution in [0.4, 0.5) is 4.79 Å². The molecule has 1 heterocycles. The van der Waals surface area contributed by atoms with E-state index in [1.807, 2.05) is 0 Å². The molecule has 2 unspecified atom stereocenters. The maximum Gasteiger partial charge on any atom is 0.320 e. The number of aliphatic carboxylic acids is 1. The van der Waals surface area contributed by atoms with E-state index >= 15 is 0 Å². The standard InChI is InChI=1S/C13H22N2O5/c1-19-10-7-14(8-11(10)20-2)13(18)15(9-3-4-9)6-5-12(16)17/h9-11H,3-8H2,1-2H3,(H,16,17). The van der Waals surface area contributed by atoms with Crippen molar-refractivity contribution in [3.8, 4) is 0 Å². The third kappa shape index (κ3) is 3.40. The average Bonchev–Trinajstić information content (AvgIpc) is 3.16. The van der Waals surface area contributed by atoms with Gasteiger partial charge in [-0.15, -0.1) is 0 Å². The van der Waals surface area contributed by atoms with Crippen molar-refractivity contribution in [1.29, 1.82) is 0 Å². The first kappa shape index (κ1) is 15.1. The third-order valence-electron chi connectivity index (χ3n) is 3.89. The number of hydrogen-bond donors (Lipinski definition) is 1. The van der Waals surface area contributed by atoms with Crippen LogP contribution in [0.2, 0.25) is 0 Å². The van der Waals surface area contributed by atoms with Gasteiger partial charge in [0.05, 0.1) is 19.5 Å². The molecule has 0 aromatic heterocycles. The number of carboxylic acid groups (broad SMARTS) is 1. The molecule has 1 aliphatic carbocycles. The number of likely N-dealkylation sites (tertiary alicyclic amines) is 1. The monoisotopic (exact) mass is 286 g/mol. The molecule has 2 fully saturated rings. The number of carbonyl (C=O) groups is 2. The van der Waals surface area contributed by atoms with Crippen LogP contribution in [0, 0.1) is 0 Å². The fourth-order valence-corrected chi connectivity index (χ4v) is 2.57. The molecule has 114 valence electrons. The second kappa shape index (κ2) is 6.41. The van der Waals surface area contributed by atoms with Crippen molar-refractivity contribution in [2.24, 2.45) is 0 Å². The maximum absolute atomic E-state index is 12.5. The van der Waals surface area contributed by atoms with Crippen molar-refractivity contribution >= 4 is 12.0 Å². The highest BCUT2D eigenvalue weighted by molar-refractivity contribution is 5.76. The Labute approximate surface area is 118 Å². The first-order valence-corrected chi connectivity index (χ1v) is 6.89. The summed E-state index contributed by atoms with van der Waals surface area (Å²) >= 11 is 0. The number of urea groups is 1. The Balaban J connectivity index is 1.95. The van der Waals surface area contributed by atoms with Crippen LogP contribution in [0.3, 0.4) is 0 Å². The van der Waals surface area contributed by atoms with Crippen molar-refractivity contribution in [2.75, 3.05) is 33.9 Å². The van der Waals surface area contributed by atoms with Gasteiger partial charge in [0.15, 0.2) is 0 Å². The van der Waals surface area contributed by atoms with Crippen molar-refractivity contribution < 1.29 is 24.2 Å². The third-order valence-corrected chi connectivity index (χ3v) is 3.89. The molecular formula is C13H22N2O5. The van der Waals surface area contributed by atoms with E-state index in [-0.39, 0.29) is 37.2 Å².